The van der Waals surface area contributed by atoms with Crippen molar-refractivity contribution in [1.82, 2.24) is 20.6 Å². The van der Waals surface area contributed by atoms with Crippen LogP contribution in [0.3, 0.4) is 0 Å². The summed E-state index contributed by atoms with van der Waals surface area (Å²) in [7, 11) is 0. The maximum atomic E-state index is 12.5. The Balaban J connectivity index is 1.35. The largest absolute Gasteiger partial charge is 0.360 e. The van der Waals surface area contributed by atoms with Crippen molar-refractivity contribution in [3.63, 3.8) is 0 Å². The zero-order valence-corrected chi connectivity index (χ0v) is 19.9. The molecule has 2 aromatic heterocycles. The Morgan fingerprint density at radius 1 is 1.09 bits per heavy atom. The highest BCUT2D eigenvalue weighted by atomic mass is 32.1. The Morgan fingerprint density at radius 3 is 2.57 bits per heavy atom. The van der Waals surface area contributed by atoms with E-state index in [9.17, 15) is 19.2 Å². The average molecular weight is 490 g/mol. The fraction of sp³-hybridized carbons (Fsp3) is 0.160. The fourth-order valence-corrected chi connectivity index (χ4v) is 4.29. The van der Waals surface area contributed by atoms with Gasteiger partial charge in [0.2, 0.25) is 17.2 Å². The van der Waals surface area contributed by atoms with Crippen molar-refractivity contribution >= 4 is 45.1 Å². The number of hydrogen-bond donors (Lipinski definition) is 4. The third-order valence-electron chi connectivity index (χ3n) is 5.32. The molecule has 1 unspecified atom stereocenters. The van der Waals surface area contributed by atoms with Gasteiger partial charge in [0.1, 0.15) is 5.56 Å². The van der Waals surface area contributed by atoms with E-state index in [1.807, 2.05) is 36.6 Å². The number of pyridine rings is 1. The number of thiazole rings is 1. The van der Waals surface area contributed by atoms with Crippen molar-refractivity contribution in [1.29, 1.82) is 0 Å². The van der Waals surface area contributed by atoms with Gasteiger partial charge in [0.15, 0.2) is 5.13 Å². The van der Waals surface area contributed by atoms with Crippen molar-refractivity contribution in [2.45, 2.75) is 19.9 Å². The van der Waals surface area contributed by atoms with Gasteiger partial charge in [0, 0.05) is 35.0 Å². The van der Waals surface area contributed by atoms with Gasteiger partial charge < -0.3 is 20.9 Å². The van der Waals surface area contributed by atoms with Crippen LogP contribution in [0.5, 0.6) is 0 Å². The Kier molecular flexibility index (Phi) is 7.02. The maximum Gasteiger partial charge on any atom is 0.257 e. The van der Waals surface area contributed by atoms with Crippen LogP contribution >= 0.6 is 11.3 Å². The minimum atomic E-state index is -0.638. The molecule has 4 aromatic rings. The molecule has 35 heavy (non-hydrogen) atoms. The number of carbonyl (C=O) groups is 3. The van der Waals surface area contributed by atoms with Crippen LogP contribution in [0.4, 0.5) is 5.13 Å². The highest BCUT2D eigenvalue weighted by molar-refractivity contribution is 7.14. The molecule has 10 heteroatoms. The minimum absolute atomic E-state index is 0.0655. The lowest BCUT2D eigenvalue weighted by Gasteiger charge is -2.13. The molecule has 0 saturated carbocycles. The first kappa shape index (κ1) is 23.8. The summed E-state index contributed by atoms with van der Waals surface area (Å²) in [4.78, 5) is 55.9. The highest BCUT2D eigenvalue weighted by Gasteiger charge is 2.15. The third-order valence-corrected chi connectivity index (χ3v) is 6.08. The van der Waals surface area contributed by atoms with E-state index in [0.29, 0.717) is 21.7 Å². The summed E-state index contributed by atoms with van der Waals surface area (Å²) in [6, 6.07) is 14.4. The number of aromatic amines is 1. The molecule has 9 nitrogen and oxygen atoms in total. The van der Waals surface area contributed by atoms with Gasteiger partial charge in [0.25, 0.3) is 5.91 Å². The minimum Gasteiger partial charge on any atom is -0.360 e. The smallest absolute Gasteiger partial charge is 0.257 e. The molecule has 0 saturated heterocycles. The number of rotatable bonds is 7. The Hall–Kier alpha value is -4.31. The number of fused-ring (bicyclic) bond motifs is 1. The lowest BCUT2D eigenvalue weighted by Crippen LogP contribution is -2.35. The molecule has 4 rings (SSSR count). The van der Waals surface area contributed by atoms with E-state index in [4.69, 9.17) is 0 Å². The van der Waals surface area contributed by atoms with Crippen molar-refractivity contribution < 1.29 is 14.4 Å². The number of nitrogens with zero attached hydrogens (tertiary/aromatic N) is 1. The number of benzene rings is 2. The molecule has 178 valence electrons. The Morgan fingerprint density at radius 2 is 1.83 bits per heavy atom. The zero-order valence-electron chi connectivity index (χ0n) is 19.0. The number of anilines is 1. The van der Waals surface area contributed by atoms with Gasteiger partial charge in [-0.1, -0.05) is 36.4 Å². The number of amides is 3. The molecule has 0 radical (unpaired) electrons. The van der Waals surface area contributed by atoms with Gasteiger partial charge in [0.05, 0.1) is 18.3 Å². The lowest BCUT2D eigenvalue weighted by molar-refractivity contribution is -0.119. The maximum absolute atomic E-state index is 12.5. The summed E-state index contributed by atoms with van der Waals surface area (Å²) in [6.45, 7) is 3.07. The zero-order chi connectivity index (χ0) is 24.9. The molecule has 0 aliphatic rings. The van der Waals surface area contributed by atoms with Gasteiger partial charge in [-0.15, -0.1) is 11.3 Å². The number of H-pyrrole nitrogens is 1. The molecule has 0 spiro atoms. The number of carbonyl (C=O) groups excluding carboxylic acids is 3. The molecule has 4 N–H and O–H groups in total. The monoisotopic (exact) mass is 489 g/mol. The summed E-state index contributed by atoms with van der Waals surface area (Å²) in [6.07, 6.45) is 1.34. The molecule has 0 fully saturated rings. The first-order valence-electron chi connectivity index (χ1n) is 10.8. The Labute approximate surface area is 204 Å². The second-order valence-electron chi connectivity index (χ2n) is 7.89. The molecule has 2 aromatic carbocycles. The molecule has 3 amide bonds. The first-order valence-corrected chi connectivity index (χ1v) is 11.7. The molecular formula is C25H23N5O4S. The van der Waals surface area contributed by atoms with Crippen LogP contribution in [0.25, 0.3) is 22.2 Å². The number of para-hydroxylation sites is 1. The fourth-order valence-electron chi connectivity index (χ4n) is 3.55. The number of nitrogens with one attached hydrogen (secondary N) is 4. The molecule has 1 atom stereocenters. The normalized spacial score (nSPS) is 11.6. The third kappa shape index (κ3) is 5.61. The standard InChI is InChI=1S/C25H23N5O4S/c1-14(28-15(2)31)16-7-9-17(10-8-16)21-13-35-25(29-21)30-22(32)12-27-24(34)19-11-26-20-6-4-3-5-18(20)23(19)33/h3-11,13-14H,12H2,1-2H3,(H,26,33)(H,27,34)(H,28,31)(H,29,30,32). The summed E-state index contributed by atoms with van der Waals surface area (Å²) in [5.41, 5.74) is 2.68. The van der Waals surface area contributed by atoms with Gasteiger partial charge in [-0.3, -0.25) is 19.2 Å². The van der Waals surface area contributed by atoms with E-state index in [1.165, 1.54) is 24.5 Å². The molecule has 0 bridgehead atoms. The van der Waals surface area contributed by atoms with Crippen LogP contribution in [-0.4, -0.2) is 34.2 Å². The van der Waals surface area contributed by atoms with Crippen LogP contribution in [0.2, 0.25) is 0 Å². The van der Waals surface area contributed by atoms with Crippen LogP contribution in [0.15, 0.2) is 64.9 Å². The average Bonchev–Trinajstić information content (AvgIpc) is 3.31. The Bertz CT molecular complexity index is 1460. The van der Waals surface area contributed by atoms with Crippen LogP contribution < -0.4 is 21.4 Å². The van der Waals surface area contributed by atoms with Crippen molar-refractivity contribution in [2.24, 2.45) is 0 Å². The van der Waals surface area contributed by atoms with Crippen molar-refractivity contribution in [3.05, 3.63) is 81.5 Å². The predicted molar refractivity (Wildman–Crippen MR) is 135 cm³/mol. The van der Waals surface area contributed by atoms with E-state index in [1.54, 1.807) is 24.3 Å². The summed E-state index contributed by atoms with van der Waals surface area (Å²) in [5.74, 6) is -1.20. The molecular weight excluding hydrogens is 466 g/mol. The summed E-state index contributed by atoms with van der Waals surface area (Å²) < 4.78 is 0. The quantitative estimate of drug-likeness (QED) is 0.316. The van der Waals surface area contributed by atoms with Crippen LogP contribution in [0, 0.1) is 0 Å². The van der Waals surface area contributed by atoms with Crippen molar-refractivity contribution in [3.8, 4) is 11.3 Å². The van der Waals surface area contributed by atoms with Crippen LogP contribution in [-0.2, 0) is 9.59 Å². The van der Waals surface area contributed by atoms with E-state index in [-0.39, 0.29) is 24.1 Å². The van der Waals surface area contributed by atoms with E-state index < -0.39 is 17.2 Å². The van der Waals surface area contributed by atoms with Gasteiger partial charge >= 0.3 is 0 Å². The van der Waals surface area contributed by atoms with Gasteiger partial charge in [-0.05, 0) is 24.6 Å². The lowest BCUT2D eigenvalue weighted by atomic mass is 10.1. The van der Waals surface area contributed by atoms with E-state index in [0.717, 1.165) is 11.1 Å². The molecule has 0 aliphatic heterocycles. The summed E-state index contributed by atoms with van der Waals surface area (Å²) in [5, 5.41) is 10.6. The van der Waals surface area contributed by atoms with E-state index in [2.05, 4.69) is 25.9 Å². The second-order valence-corrected chi connectivity index (χ2v) is 8.75. The van der Waals surface area contributed by atoms with E-state index >= 15 is 0 Å². The topological polar surface area (TPSA) is 133 Å². The molecule has 2 heterocycles. The highest BCUT2D eigenvalue weighted by Crippen LogP contribution is 2.26. The number of hydrogen-bond acceptors (Lipinski definition) is 6. The molecule has 0 aliphatic carbocycles. The SMILES string of the molecule is CC(=O)NC(C)c1ccc(-c2csc(NC(=O)CNC(=O)c3c[nH]c4ccccc4c3=O)n2)cc1. The van der Waals surface area contributed by atoms with Crippen LogP contribution in [0.1, 0.15) is 35.8 Å². The first-order chi connectivity index (χ1) is 16.8. The van der Waals surface area contributed by atoms with Gasteiger partial charge in [-0.25, -0.2) is 4.98 Å². The van der Waals surface area contributed by atoms with Crippen molar-refractivity contribution in [2.75, 3.05) is 11.9 Å². The summed E-state index contributed by atoms with van der Waals surface area (Å²) >= 11 is 1.26. The second kappa shape index (κ2) is 10.3. The predicted octanol–water partition coefficient (Wildman–Crippen LogP) is 3.22. The van der Waals surface area contributed by atoms with Gasteiger partial charge in [-0.2, -0.15) is 0 Å². The number of aromatic nitrogens is 2.